The quantitative estimate of drug-likeness (QED) is 0.788. The van der Waals surface area contributed by atoms with E-state index in [1.807, 2.05) is 0 Å². The van der Waals surface area contributed by atoms with Gasteiger partial charge < -0.3 is 15.2 Å². The number of ether oxygens (including phenoxy) is 2. The van der Waals surface area contributed by atoms with E-state index in [1.165, 1.54) is 13.4 Å². The lowest BCUT2D eigenvalue weighted by atomic mass is 10.5. The summed E-state index contributed by atoms with van der Waals surface area (Å²) < 4.78 is 11.9. The van der Waals surface area contributed by atoms with Gasteiger partial charge in [-0.25, -0.2) is 9.97 Å². The van der Waals surface area contributed by atoms with Crippen molar-refractivity contribution in [1.82, 2.24) is 19.5 Å². The molecule has 2 rings (SSSR count). The monoisotopic (exact) mass is 223 g/mol. The van der Waals surface area contributed by atoms with Gasteiger partial charge in [-0.2, -0.15) is 4.98 Å². The number of hydrogen-bond acceptors (Lipinski definition) is 6. The van der Waals surface area contributed by atoms with Gasteiger partial charge in [-0.15, -0.1) is 0 Å². The Morgan fingerprint density at radius 3 is 2.88 bits per heavy atom. The van der Waals surface area contributed by atoms with Crippen LogP contribution in [-0.2, 0) is 11.3 Å². The molecule has 0 bridgehead atoms. The minimum atomic E-state index is 0.380. The second-order valence-electron chi connectivity index (χ2n) is 3.17. The summed E-state index contributed by atoms with van der Waals surface area (Å²) in [5.41, 5.74) is 7.01. The number of hydrogen-bond donors (Lipinski definition) is 1. The minimum absolute atomic E-state index is 0.380. The second-order valence-corrected chi connectivity index (χ2v) is 3.17. The fraction of sp³-hybridized carbons (Fsp3) is 0.444. The molecule has 86 valence electrons. The van der Waals surface area contributed by atoms with Crippen LogP contribution in [0.15, 0.2) is 6.33 Å². The van der Waals surface area contributed by atoms with Gasteiger partial charge in [0, 0.05) is 7.11 Å². The van der Waals surface area contributed by atoms with Crippen LogP contribution in [0.4, 0.5) is 5.95 Å². The van der Waals surface area contributed by atoms with Crippen molar-refractivity contribution in [3.63, 3.8) is 0 Å². The van der Waals surface area contributed by atoms with Gasteiger partial charge in [0.15, 0.2) is 11.2 Å². The molecule has 0 aliphatic rings. The molecule has 2 aromatic heterocycles. The normalized spacial score (nSPS) is 10.9. The number of anilines is 1. The van der Waals surface area contributed by atoms with E-state index < -0.39 is 0 Å². The molecule has 7 nitrogen and oxygen atoms in total. The fourth-order valence-corrected chi connectivity index (χ4v) is 1.49. The van der Waals surface area contributed by atoms with Gasteiger partial charge in [0.05, 0.1) is 20.3 Å². The summed E-state index contributed by atoms with van der Waals surface area (Å²) in [6.45, 7) is 1.14. The van der Waals surface area contributed by atoms with Crippen molar-refractivity contribution in [1.29, 1.82) is 0 Å². The van der Waals surface area contributed by atoms with Gasteiger partial charge in [-0.05, 0) is 0 Å². The van der Waals surface area contributed by atoms with E-state index in [1.54, 1.807) is 11.7 Å². The predicted octanol–water partition coefficient (Wildman–Crippen LogP) is 0.0635. The molecule has 0 fully saturated rings. The number of nitrogen functional groups attached to an aromatic ring is 1. The van der Waals surface area contributed by atoms with E-state index in [9.17, 15) is 0 Å². The minimum Gasteiger partial charge on any atom is -0.479 e. The maximum Gasteiger partial charge on any atom is 0.245 e. The topological polar surface area (TPSA) is 88.1 Å². The van der Waals surface area contributed by atoms with E-state index in [0.717, 1.165) is 0 Å². The first-order chi connectivity index (χ1) is 7.77. The van der Waals surface area contributed by atoms with Gasteiger partial charge in [0.25, 0.3) is 0 Å². The number of fused-ring (bicyclic) bond motifs is 1. The van der Waals surface area contributed by atoms with Crippen molar-refractivity contribution >= 4 is 17.1 Å². The largest absolute Gasteiger partial charge is 0.479 e. The summed E-state index contributed by atoms with van der Waals surface area (Å²) >= 11 is 0. The Bertz CT molecular complexity index is 496. The number of aromatic nitrogens is 4. The van der Waals surface area contributed by atoms with Crippen LogP contribution < -0.4 is 10.5 Å². The van der Waals surface area contributed by atoms with Gasteiger partial charge in [-0.3, -0.25) is 4.57 Å². The van der Waals surface area contributed by atoms with Gasteiger partial charge in [0.2, 0.25) is 11.8 Å². The summed E-state index contributed by atoms with van der Waals surface area (Å²) in [7, 11) is 3.16. The number of imidazole rings is 1. The fourth-order valence-electron chi connectivity index (χ4n) is 1.49. The maximum atomic E-state index is 5.79. The first-order valence-electron chi connectivity index (χ1n) is 4.77. The van der Waals surface area contributed by atoms with Crippen molar-refractivity contribution < 1.29 is 9.47 Å². The zero-order chi connectivity index (χ0) is 11.5. The molecule has 0 unspecified atom stereocenters. The lowest BCUT2D eigenvalue weighted by Gasteiger charge is -2.04. The van der Waals surface area contributed by atoms with Gasteiger partial charge >= 0.3 is 0 Å². The lowest BCUT2D eigenvalue weighted by Crippen LogP contribution is -2.08. The van der Waals surface area contributed by atoms with E-state index in [-0.39, 0.29) is 0 Å². The highest BCUT2D eigenvalue weighted by molar-refractivity contribution is 5.78. The zero-order valence-corrected chi connectivity index (χ0v) is 9.17. The van der Waals surface area contributed by atoms with Crippen molar-refractivity contribution in [2.24, 2.45) is 0 Å². The molecule has 0 saturated heterocycles. The van der Waals surface area contributed by atoms with E-state index in [2.05, 4.69) is 15.0 Å². The second kappa shape index (κ2) is 4.31. The van der Waals surface area contributed by atoms with Crippen molar-refractivity contribution in [3.8, 4) is 5.88 Å². The van der Waals surface area contributed by atoms with Crippen molar-refractivity contribution in [3.05, 3.63) is 6.33 Å². The average molecular weight is 223 g/mol. The molecular formula is C9H13N5O2. The maximum absolute atomic E-state index is 5.79. The highest BCUT2D eigenvalue weighted by Crippen LogP contribution is 2.22. The third-order valence-corrected chi connectivity index (χ3v) is 2.24. The van der Waals surface area contributed by atoms with E-state index in [4.69, 9.17) is 15.2 Å². The van der Waals surface area contributed by atoms with Crippen LogP contribution in [0.1, 0.15) is 0 Å². The summed E-state index contributed by atoms with van der Waals surface area (Å²) in [6, 6.07) is 0. The first kappa shape index (κ1) is 10.6. The summed E-state index contributed by atoms with van der Waals surface area (Å²) in [4.78, 5) is 12.3. The van der Waals surface area contributed by atoms with Crippen LogP contribution in [0.2, 0.25) is 0 Å². The first-order valence-corrected chi connectivity index (χ1v) is 4.77. The molecule has 7 heteroatoms. The van der Waals surface area contributed by atoms with Crippen LogP contribution in [0.3, 0.4) is 0 Å². The smallest absolute Gasteiger partial charge is 0.245 e. The summed E-state index contributed by atoms with van der Waals surface area (Å²) in [6.07, 6.45) is 1.42. The molecule has 0 spiro atoms. The number of nitrogens with zero attached hydrogens (tertiary/aromatic N) is 4. The molecule has 2 aromatic rings. The van der Waals surface area contributed by atoms with Crippen LogP contribution in [-0.4, -0.2) is 40.3 Å². The zero-order valence-electron chi connectivity index (χ0n) is 9.17. The molecule has 0 aliphatic heterocycles. The third-order valence-electron chi connectivity index (χ3n) is 2.24. The van der Waals surface area contributed by atoms with Crippen LogP contribution in [0, 0.1) is 0 Å². The van der Waals surface area contributed by atoms with Crippen LogP contribution in [0.5, 0.6) is 5.88 Å². The number of nitrogens with two attached hydrogens (primary N) is 1. The SMILES string of the molecule is COCCn1c(N)nc2c(OC)ncnc21. The molecular weight excluding hydrogens is 210 g/mol. The number of rotatable bonds is 4. The predicted molar refractivity (Wildman–Crippen MR) is 58.2 cm³/mol. The highest BCUT2D eigenvalue weighted by Gasteiger charge is 2.13. The molecule has 16 heavy (non-hydrogen) atoms. The third kappa shape index (κ3) is 1.65. The molecule has 2 heterocycles. The van der Waals surface area contributed by atoms with Crippen LogP contribution >= 0.6 is 0 Å². The highest BCUT2D eigenvalue weighted by atomic mass is 16.5. The Hall–Kier alpha value is -1.89. The van der Waals surface area contributed by atoms with Gasteiger partial charge in [0.1, 0.15) is 6.33 Å². The molecule has 0 radical (unpaired) electrons. The molecule has 0 aromatic carbocycles. The summed E-state index contributed by atoms with van der Waals surface area (Å²) in [5.74, 6) is 0.804. The Labute approximate surface area is 92.2 Å². The van der Waals surface area contributed by atoms with Gasteiger partial charge in [-0.1, -0.05) is 0 Å². The van der Waals surface area contributed by atoms with E-state index in [0.29, 0.717) is 36.1 Å². The Kier molecular flexibility index (Phi) is 2.86. The molecule has 0 atom stereocenters. The number of methoxy groups -OCH3 is 2. The molecule has 0 saturated carbocycles. The van der Waals surface area contributed by atoms with Crippen molar-refractivity contribution in [2.75, 3.05) is 26.6 Å². The molecule has 0 amide bonds. The lowest BCUT2D eigenvalue weighted by molar-refractivity contribution is 0.188. The summed E-state index contributed by atoms with van der Waals surface area (Å²) in [5, 5.41) is 0. The van der Waals surface area contributed by atoms with Crippen molar-refractivity contribution in [2.45, 2.75) is 6.54 Å². The average Bonchev–Trinajstić information content (AvgIpc) is 2.62. The van der Waals surface area contributed by atoms with Crippen LogP contribution in [0.25, 0.3) is 11.2 Å². The molecule has 2 N–H and O–H groups in total. The Balaban J connectivity index is 2.52. The Morgan fingerprint density at radius 2 is 2.19 bits per heavy atom. The standard InChI is InChI=1S/C9H13N5O2/c1-15-4-3-14-7-6(13-9(14)10)8(16-2)12-5-11-7/h5H,3-4H2,1-2H3,(H2,10,13). The van der Waals surface area contributed by atoms with E-state index >= 15 is 0 Å². The molecule has 0 aliphatic carbocycles. The Morgan fingerprint density at radius 1 is 1.38 bits per heavy atom.